The van der Waals surface area contributed by atoms with E-state index in [4.69, 9.17) is 22.1 Å². The quantitative estimate of drug-likeness (QED) is 0.759. The first kappa shape index (κ1) is 12.9. The lowest BCUT2D eigenvalue weighted by Crippen LogP contribution is -2.31. The maximum absolute atomic E-state index is 11.9. The Balaban J connectivity index is 3.09. The summed E-state index contributed by atoms with van der Waals surface area (Å²) in [5.41, 5.74) is 0. The second-order valence-corrected chi connectivity index (χ2v) is 6.30. The molecule has 1 rings (SSSR count). The fraction of sp³-hybridized carbons (Fsp3) is 0.286. The summed E-state index contributed by atoms with van der Waals surface area (Å²) in [6, 6.07) is 3.36. The van der Waals surface area contributed by atoms with Gasteiger partial charge in [0.25, 0.3) is 10.0 Å². The summed E-state index contributed by atoms with van der Waals surface area (Å²) in [5, 5.41) is 16.9. The van der Waals surface area contributed by atoms with Crippen molar-refractivity contribution in [1.29, 1.82) is 10.5 Å². The van der Waals surface area contributed by atoms with Crippen LogP contribution in [0.3, 0.4) is 0 Å². The van der Waals surface area contributed by atoms with E-state index in [0.29, 0.717) is 0 Å². The molecule has 0 atom stereocenters. The predicted octanol–water partition coefficient (Wildman–Crippen LogP) is 0.834. The largest absolute Gasteiger partial charge is 0.256 e. The van der Waals surface area contributed by atoms with Gasteiger partial charge in [0, 0.05) is 0 Å². The molecule has 1 aromatic heterocycles. The minimum absolute atomic E-state index is 0.0806. The topological polar surface area (TPSA) is 97.9 Å². The zero-order chi connectivity index (χ0) is 12.2. The molecule has 0 spiro atoms. The molecule has 0 saturated carbocycles. The molecule has 16 heavy (non-hydrogen) atoms. The lowest BCUT2D eigenvalue weighted by atomic mass is 10.6. The van der Waals surface area contributed by atoms with Gasteiger partial charge in [-0.2, -0.15) is 14.8 Å². The summed E-state index contributed by atoms with van der Waals surface area (Å²) in [6.07, 6.45) is 1.10. The van der Waals surface area contributed by atoms with Gasteiger partial charge >= 0.3 is 0 Å². The maximum atomic E-state index is 11.9. The van der Waals surface area contributed by atoms with Gasteiger partial charge in [-0.1, -0.05) is 22.9 Å². The zero-order valence-corrected chi connectivity index (χ0v) is 10.2. The highest BCUT2D eigenvalue weighted by molar-refractivity contribution is 7.91. The molecule has 0 aliphatic heterocycles. The molecule has 0 aromatic carbocycles. The molecular formula is C7H5ClN4O2S2. The monoisotopic (exact) mass is 276 g/mol. The summed E-state index contributed by atoms with van der Waals surface area (Å²) < 4.78 is 24.5. The van der Waals surface area contributed by atoms with Crippen LogP contribution in [0.1, 0.15) is 0 Å². The standard InChI is InChI=1S/C7H5ClN4O2S2/c8-7-11-5-6(15-7)16(13,14)12(3-1-9)4-2-10/h5H,3-4H2. The first-order valence-corrected chi connectivity index (χ1v) is 6.51. The molecule has 0 N–H and O–H groups in total. The highest BCUT2D eigenvalue weighted by Gasteiger charge is 2.26. The highest BCUT2D eigenvalue weighted by Crippen LogP contribution is 2.25. The molecule has 0 aliphatic rings. The summed E-state index contributed by atoms with van der Waals surface area (Å²) in [5.74, 6) is 0. The van der Waals surface area contributed by atoms with Crippen LogP contribution in [0.15, 0.2) is 10.4 Å². The van der Waals surface area contributed by atoms with Crippen LogP contribution in [0, 0.1) is 22.7 Å². The molecule has 9 heteroatoms. The van der Waals surface area contributed by atoms with Crippen molar-refractivity contribution in [2.45, 2.75) is 4.21 Å². The van der Waals surface area contributed by atoms with Gasteiger partial charge in [0.05, 0.1) is 18.3 Å². The first-order chi connectivity index (χ1) is 7.52. The van der Waals surface area contributed by atoms with Crippen molar-refractivity contribution in [1.82, 2.24) is 9.29 Å². The third-order valence-electron chi connectivity index (χ3n) is 1.54. The van der Waals surface area contributed by atoms with Crippen LogP contribution in [0.4, 0.5) is 0 Å². The fourth-order valence-electron chi connectivity index (χ4n) is 0.869. The smallest absolute Gasteiger partial charge is 0.232 e. The summed E-state index contributed by atoms with van der Waals surface area (Å²) in [7, 11) is -3.84. The Morgan fingerprint density at radius 2 is 2.00 bits per heavy atom. The fourth-order valence-corrected chi connectivity index (χ4v) is 3.55. The van der Waals surface area contributed by atoms with Gasteiger partial charge in [0.1, 0.15) is 13.1 Å². The van der Waals surface area contributed by atoms with Gasteiger partial charge < -0.3 is 0 Å². The molecule has 84 valence electrons. The van der Waals surface area contributed by atoms with Crippen LogP contribution in [0.2, 0.25) is 4.47 Å². The number of hydrogen-bond acceptors (Lipinski definition) is 6. The zero-order valence-electron chi connectivity index (χ0n) is 7.79. The summed E-state index contributed by atoms with van der Waals surface area (Å²) in [6.45, 7) is -0.767. The lowest BCUT2D eigenvalue weighted by Gasteiger charge is -2.13. The molecule has 6 nitrogen and oxygen atoms in total. The Morgan fingerprint density at radius 1 is 1.44 bits per heavy atom. The number of hydrogen-bond donors (Lipinski definition) is 0. The predicted molar refractivity (Wildman–Crippen MR) is 57.1 cm³/mol. The van der Waals surface area contributed by atoms with E-state index in [9.17, 15) is 8.42 Å². The summed E-state index contributed by atoms with van der Waals surface area (Å²) in [4.78, 5) is 3.60. The molecule has 0 bridgehead atoms. The Kier molecular flexibility index (Phi) is 4.21. The molecule has 1 heterocycles. The normalized spacial score (nSPS) is 11.0. The number of sulfonamides is 1. The third kappa shape index (κ3) is 2.68. The van der Waals surface area contributed by atoms with E-state index in [2.05, 4.69) is 4.98 Å². The van der Waals surface area contributed by atoms with E-state index in [1.54, 1.807) is 12.1 Å². The van der Waals surface area contributed by atoms with Gasteiger partial charge in [0.2, 0.25) is 0 Å². The molecule has 0 saturated heterocycles. The number of nitrogens with zero attached hydrogens (tertiary/aromatic N) is 4. The van der Waals surface area contributed by atoms with Crippen LogP contribution < -0.4 is 0 Å². The molecular weight excluding hydrogens is 272 g/mol. The van der Waals surface area contributed by atoms with Crippen LogP contribution in [0.5, 0.6) is 0 Å². The van der Waals surface area contributed by atoms with Gasteiger partial charge in [-0.3, -0.25) is 0 Å². The molecule has 0 radical (unpaired) electrons. The average Bonchev–Trinajstić information content (AvgIpc) is 2.65. The van der Waals surface area contributed by atoms with Crippen molar-refractivity contribution in [3.8, 4) is 12.1 Å². The molecule has 1 aromatic rings. The molecule has 0 fully saturated rings. The molecule has 0 aliphatic carbocycles. The average molecular weight is 277 g/mol. The van der Waals surface area contributed by atoms with Gasteiger partial charge in [-0.05, 0) is 0 Å². The number of thiazole rings is 1. The van der Waals surface area contributed by atoms with Gasteiger partial charge in [0.15, 0.2) is 8.68 Å². The second-order valence-electron chi connectivity index (χ2n) is 2.52. The maximum Gasteiger partial charge on any atom is 0.256 e. The number of rotatable bonds is 4. The van der Waals surface area contributed by atoms with E-state index < -0.39 is 10.0 Å². The van der Waals surface area contributed by atoms with Crippen LogP contribution in [0.25, 0.3) is 0 Å². The van der Waals surface area contributed by atoms with Crippen molar-refractivity contribution >= 4 is 33.0 Å². The minimum Gasteiger partial charge on any atom is -0.232 e. The molecule has 0 amide bonds. The van der Waals surface area contributed by atoms with Gasteiger partial charge in [-0.25, -0.2) is 13.4 Å². The molecule has 0 unspecified atom stereocenters. The van der Waals surface area contributed by atoms with Crippen molar-refractivity contribution in [2.75, 3.05) is 13.1 Å². The van der Waals surface area contributed by atoms with Crippen molar-refractivity contribution in [2.24, 2.45) is 0 Å². The third-order valence-corrected chi connectivity index (χ3v) is 4.89. The van der Waals surface area contributed by atoms with E-state index in [1.165, 1.54) is 0 Å². The van der Waals surface area contributed by atoms with Crippen molar-refractivity contribution in [3.63, 3.8) is 0 Å². The SMILES string of the molecule is N#CCN(CC#N)S(=O)(=O)c1cnc(Cl)s1. The Bertz CT molecular complexity index is 538. The van der Waals surface area contributed by atoms with Gasteiger partial charge in [-0.15, -0.1) is 0 Å². The van der Waals surface area contributed by atoms with Crippen LogP contribution in [-0.2, 0) is 10.0 Å². The van der Waals surface area contributed by atoms with Crippen LogP contribution in [-0.4, -0.2) is 30.8 Å². The number of aromatic nitrogens is 1. The van der Waals surface area contributed by atoms with E-state index in [-0.39, 0.29) is 21.8 Å². The lowest BCUT2D eigenvalue weighted by molar-refractivity contribution is 0.481. The summed E-state index contributed by atoms with van der Waals surface area (Å²) >= 11 is 6.30. The number of nitriles is 2. The minimum atomic E-state index is -3.84. The van der Waals surface area contributed by atoms with Crippen molar-refractivity contribution < 1.29 is 8.42 Å². The van der Waals surface area contributed by atoms with Crippen LogP contribution >= 0.6 is 22.9 Å². The Labute approximate surface area is 101 Å². The first-order valence-electron chi connectivity index (χ1n) is 3.87. The second kappa shape index (κ2) is 5.23. The highest BCUT2D eigenvalue weighted by atomic mass is 35.5. The Hall–Kier alpha value is -1.19. The van der Waals surface area contributed by atoms with Crippen molar-refractivity contribution in [3.05, 3.63) is 10.7 Å². The van der Waals surface area contributed by atoms with E-state index in [1.807, 2.05) is 0 Å². The number of halogens is 1. The van der Waals surface area contributed by atoms with E-state index >= 15 is 0 Å². The Morgan fingerprint density at radius 3 is 2.38 bits per heavy atom. The van der Waals surface area contributed by atoms with E-state index in [0.717, 1.165) is 21.8 Å².